The predicted molar refractivity (Wildman–Crippen MR) is 118 cm³/mol. The first-order valence-corrected chi connectivity index (χ1v) is 10.6. The molecule has 1 amide bonds. The topological polar surface area (TPSA) is 66.7 Å². The maximum Gasteiger partial charge on any atom is 0.270 e. The minimum atomic E-state index is -0.399. The van der Waals surface area contributed by atoms with E-state index in [9.17, 15) is 9.59 Å². The van der Waals surface area contributed by atoms with Crippen LogP contribution in [0.5, 0.6) is 0 Å². The maximum absolute atomic E-state index is 12.8. The van der Waals surface area contributed by atoms with Gasteiger partial charge in [-0.15, -0.1) is 0 Å². The molecule has 2 aromatic heterocycles. The molecule has 0 radical (unpaired) electrons. The van der Waals surface area contributed by atoms with Gasteiger partial charge in [-0.2, -0.15) is 0 Å². The molecule has 3 aromatic rings. The van der Waals surface area contributed by atoms with Crippen LogP contribution in [0.3, 0.4) is 0 Å². The molecule has 0 bridgehead atoms. The fourth-order valence-electron chi connectivity index (χ4n) is 4.10. The van der Waals surface area contributed by atoms with Crippen molar-refractivity contribution in [3.63, 3.8) is 0 Å². The third kappa shape index (κ3) is 4.28. The van der Waals surface area contributed by atoms with Gasteiger partial charge in [0.05, 0.1) is 0 Å². The van der Waals surface area contributed by atoms with Crippen LogP contribution in [0.2, 0.25) is 0 Å². The molecule has 6 nitrogen and oxygen atoms in total. The van der Waals surface area contributed by atoms with Crippen molar-refractivity contribution >= 4 is 11.6 Å². The van der Waals surface area contributed by atoms with Crippen molar-refractivity contribution in [2.24, 2.45) is 0 Å². The van der Waals surface area contributed by atoms with E-state index in [2.05, 4.69) is 28.2 Å². The molecule has 6 heteroatoms. The Hall–Kier alpha value is -2.99. The van der Waals surface area contributed by atoms with Gasteiger partial charge in [0, 0.05) is 31.5 Å². The minimum absolute atomic E-state index is 0.0558. The smallest absolute Gasteiger partial charge is 0.270 e. The molecule has 156 valence electrons. The quantitative estimate of drug-likeness (QED) is 0.709. The third-order valence-electron chi connectivity index (χ3n) is 5.97. The molecular formula is C24H28N4O2. The summed E-state index contributed by atoms with van der Waals surface area (Å²) in [6.07, 6.45) is 6.84. The summed E-state index contributed by atoms with van der Waals surface area (Å²) < 4.78 is 1.43. The Morgan fingerprint density at radius 2 is 1.97 bits per heavy atom. The number of hydrogen-bond donors (Lipinski definition) is 1. The number of benzene rings is 1. The SMILES string of the molecule is Cc1ccc2ncc(C(=O)NCc3ccccc3CN3CCCC[C@H]3C)c(=O)n2c1. The van der Waals surface area contributed by atoms with Gasteiger partial charge >= 0.3 is 0 Å². The van der Waals surface area contributed by atoms with Crippen molar-refractivity contribution in [3.05, 3.63) is 81.4 Å². The van der Waals surface area contributed by atoms with Crippen LogP contribution in [0.4, 0.5) is 0 Å². The van der Waals surface area contributed by atoms with Crippen LogP contribution in [0.25, 0.3) is 5.65 Å². The van der Waals surface area contributed by atoms with Crippen molar-refractivity contribution < 1.29 is 4.79 Å². The molecule has 1 aliphatic rings. The van der Waals surface area contributed by atoms with Crippen LogP contribution in [0, 0.1) is 6.92 Å². The number of pyridine rings is 1. The Kier molecular flexibility index (Phi) is 5.95. The van der Waals surface area contributed by atoms with Gasteiger partial charge in [-0.25, -0.2) is 4.98 Å². The molecule has 0 aliphatic carbocycles. The monoisotopic (exact) mass is 404 g/mol. The lowest BCUT2D eigenvalue weighted by molar-refractivity contribution is 0.0948. The highest BCUT2D eigenvalue weighted by Gasteiger charge is 2.19. The van der Waals surface area contributed by atoms with E-state index in [0.29, 0.717) is 18.2 Å². The second-order valence-electron chi connectivity index (χ2n) is 8.18. The lowest BCUT2D eigenvalue weighted by Crippen LogP contribution is -2.37. The molecule has 0 spiro atoms. The molecular weight excluding hydrogens is 376 g/mol. The summed E-state index contributed by atoms with van der Waals surface area (Å²) in [5.41, 5.74) is 3.47. The summed E-state index contributed by atoms with van der Waals surface area (Å²) >= 11 is 0. The molecule has 1 aromatic carbocycles. The Labute approximate surface area is 176 Å². The number of fused-ring (bicyclic) bond motifs is 1. The van der Waals surface area contributed by atoms with E-state index in [1.54, 1.807) is 12.3 Å². The summed E-state index contributed by atoms with van der Waals surface area (Å²) in [6, 6.07) is 12.4. The number of carbonyl (C=O) groups excluding carboxylic acids is 1. The van der Waals surface area contributed by atoms with Gasteiger partial charge in [0.15, 0.2) is 0 Å². The first kappa shape index (κ1) is 20.3. The number of rotatable bonds is 5. The number of amides is 1. The Morgan fingerprint density at radius 1 is 1.17 bits per heavy atom. The maximum atomic E-state index is 12.8. The highest BCUT2D eigenvalue weighted by atomic mass is 16.2. The van der Waals surface area contributed by atoms with Crippen molar-refractivity contribution in [2.75, 3.05) is 6.54 Å². The van der Waals surface area contributed by atoms with Crippen molar-refractivity contribution in [1.29, 1.82) is 0 Å². The Morgan fingerprint density at radius 3 is 2.77 bits per heavy atom. The molecule has 1 N–H and O–H groups in total. The van der Waals surface area contributed by atoms with Crippen molar-refractivity contribution in [3.8, 4) is 0 Å². The van der Waals surface area contributed by atoms with Gasteiger partial charge in [0.1, 0.15) is 11.2 Å². The van der Waals surface area contributed by atoms with Crippen LogP contribution in [-0.2, 0) is 13.1 Å². The van der Waals surface area contributed by atoms with Crippen LogP contribution in [0.1, 0.15) is 53.2 Å². The predicted octanol–water partition coefficient (Wildman–Crippen LogP) is 3.31. The second-order valence-corrected chi connectivity index (χ2v) is 8.18. The van der Waals surface area contributed by atoms with Crippen LogP contribution < -0.4 is 10.9 Å². The molecule has 1 saturated heterocycles. The lowest BCUT2D eigenvalue weighted by atomic mass is 10.0. The molecule has 1 aliphatic heterocycles. The van der Waals surface area contributed by atoms with E-state index in [0.717, 1.165) is 24.2 Å². The van der Waals surface area contributed by atoms with E-state index in [1.165, 1.54) is 35.4 Å². The molecule has 4 rings (SSSR count). The number of aryl methyl sites for hydroxylation is 1. The number of hydrogen-bond acceptors (Lipinski definition) is 4. The molecule has 3 heterocycles. The number of nitrogens with zero attached hydrogens (tertiary/aromatic N) is 3. The van der Waals surface area contributed by atoms with E-state index in [4.69, 9.17) is 0 Å². The third-order valence-corrected chi connectivity index (χ3v) is 5.97. The van der Waals surface area contributed by atoms with Gasteiger partial charge in [-0.1, -0.05) is 36.8 Å². The zero-order valence-electron chi connectivity index (χ0n) is 17.6. The zero-order valence-corrected chi connectivity index (χ0v) is 17.6. The highest BCUT2D eigenvalue weighted by Crippen LogP contribution is 2.20. The van der Waals surface area contributed by atoms with E-state index in [-0.39, 0.29) is 11.1 Å². The minimum Gasteiger partial charge on any atom is -0.348 e. The molecule has 1 atom stereocenters. The molecule has 1 fully saturated rings. The zero-order chi connectivity index (χ0) is 21.1. The molecule has 0 unspecified atom stereocenters. The largest absolute Gasteiger partial charge is 0.348 e. The summed E-state index contributed by atoms with van der Waals surface area (Å²) in [5.74, 6) is -0.399. The fraction of sp³-hybridized carbons (Fsp3) is 0.375. The van der Waals surface area contributed by atoms with Gasteiger partial charge < -0.3 is 5.32 Å². The number of aromatic nitrogens is 2. The summed E-state index contributed by atoms with van der Waals surface area (Å²) in [7, 11) is 0. The molecule has 30 heavy (non-hydrogen) atoms. The number of carbonyl (C=O) groups is 1. The van der Waals surface area contributed by atoms with E-state index >= 15 is 0 Å². The average Bonchev–Trinajstić information content (AvgIpc) is 2.75. The summed E-state index contributed by atoms with van der Waals surface area (Å²) in [5, 5.41) is 2.91. The Balaban J connectivity index is 1.50. The highest BCUT2D eigenvalue weighted by molar-refractivity contribution is 5.93. The number of piperidine rings is 1. The average molecular weight is 405 g/mol. The van der Waals surface area contributed by atoms with Gasteiger partial charge in [-0.05, 0) is 56.0 Å². The van der Waals surface area contributed by atoms with Crippen LogP contribution in [0.15, 0.2) is 53.6 Å². The van der Waals surface area contributed by atoms with E-state index in [1.807, 2.05) is 31.2 Å². The molecule has 0 saturated carbocycles. The standard InChI is InChI=1S/C24H28N4O2/c1-17-10-11-22-25-14-21(24(30)28(22)15-17)23(29)26-13-19-8-3-4-9-20(19)16-27-12-6-5-7-18(27)2/h3-4,8-11,14-15,18H,5-7,12-13,16H2,1-2H3,(H,26,29)/t18-/m1/s1. The number of nitrogens with one attached hydrogen (secondary N) is 1. The first-order valence-electron chi connectivity index (χ1n) is 10.6. The van der Waals surface area contributed by atoms with Crippen molar-refractivity contribution in [1.82, 2.24) is 19.6 Å². The van der Waals surface area contributed by atoms with Crippen LogP contribution in [-0.4, -0.2) is 32.8 Å². The van der Waals surface area contributed by atoms with Crippen LogP contribution >= 0.6 is 0 Å². The first-order chi connectivity index (χ1) is 14.5. The fourth-order valence-corrected chi connectivity index (χ4v) is 4.10. The lowest BCUT2D eigenvalue weighted by Gasteiger charge is -2.33. The van der Waals surface area contributed by atoms with Gasteiger partial charge in [-0.3, -0.25) is 18.9 Å². The van der Waals surface area contributed by atoms with Gasteiger partial charge in [0.2, 0.25) is 0 Å². The van der Waals surface area contributed by atoms with Gasteiger partial charge in [0.25, 0.3) is 11.5 Å². The van der Waals surface area contributed by atoms with Crippen molar-refractivity contribution in [2.45, 2.75) is 52.2 Å². The Bertz CT molecular complexity index is 1120. The summed E-state index contributed by atoms with van der Waals surface area (Å²) in [6.45, 7) is 6.56. The van der Waals surface area contributed by atoms with E-state index < -0.39 is 5.91 Å². The number of likely N-dealkylation sites (tertiary alicyclic amines) is 1. The second kappa shape index (κ2) is 8.79. The normalized spacial score (nSPS) is 17.2. The summed E-state index contributed by atoms with van der Waals surface area (Å²) in [4.78, 5) is 32.3.